The SMILES string of the molecule is CCN(Cc1ccccn1)C(=O)N[C@@H](CC(N)=O)C(=O)O. The summed E-state index contributed by atoms with van der Waals surface area (Å²) in [5.74, 6) is -2.11. The number of hydrogen-bond acceptors (Lipinski definition) is 4. The van der Waals surface area contributed by atoms with Crippen molar-refractivity contribution < 1.29 is 19.5 Å². The molecule has 0 fully saturated rings. The van der Waals surface area contributed by atoms with Crippen LogP contribution in [0.5, 0.6) is 0 Å². The van der Waals surface area contributed by atoms with Crippen LogP contribution in [-0.4, -0.2) is 45.5 Å². The Morgan fingerprint density at radius 3 is 2.62 bits per heavy atom. The van der Waals surface area contributed by atoms with Crippen LogP contribution < -0.4 is 11.1 Å². The number of amides is 3. The average Bonchev–Trinajstić information content (AvgIpc) is 2.44. The lowest BCUT2D eigenvalue weighted by Crippen LogP contribution is -2.49. The number of carbonyl (C=O) groups is 3. The van der Waals surface area contributed by atoms with Crippen LogP contribution >= 0.6 is 0 Å². The minimum absolute atomic E-state index is 0.242. The van der Waals surface area contributed by atoms with Crippen molar-refractivity contribution in [3.63, 3.8) is 0 Å². The van der Waals surface area contributed by atoms with Crippen LogP contribution in [0.2, 0.25) is 0 Å². The number of aromatic nitrogens is 1. The first-order valence-electron chi connectivity index (χ1n) is 6.40. The molecular weight excluding hydrogens is 276 g/mol. The van der Waals surface area contributed by atoms with Crippen LogP contribution in [-0.2, 0) is 16.1 Å². The molecule has 0 aliphatic carbocycles. The summed E-state index contributed by atoms with van der Waals surface area (Å²) < 4.78 is 0. The molecule has 114 valence electrons. The van der Waals surface area contributed by atoms with Gasteiger partial charge in [0.1, 0.15) is 6.04 Å². The molecule has 0 aliphatic heterocycles. The number of pyridine rings is 1. The second-order valence-corrected chi connectivity index (χ2v) is 4.35. The summed E-state index contributed by atoms with van der Waals surface area (Å²) in [5, 5.41) is 11.2. The molecule has 1 aromatic heterocycles. The standard InChI is InChI=1S/C13H18N4O4/c1-2-17(8-9-5-3-4-6-15-9)13(21)16-10(12(19)20)7-11(14)18/h3-6,10H,2,7-8H2,1H3,(H2,14,18)(H,16,21)(H,19,20)/t10-/m0/s1. The number of nitrogens with one attached hydrogen (secondary N) is 1. The van der Waals surface area contributed by atoms with E-state index in [2.05, 4.69) is 10.3 Å². The van der Waals surface area contributed by atoms with Gasteiger partial charge in [-0.2, -0.15) is 0 Å². The second-order valence-electron chi connectivity index (χ2n) is 4.35. The number of carbonyl (C=O) groups excluding carboxylic acids is 2. The molecule has 0 aromatic carbocycles. The van der Waals surface area contributed by atoms with Gasteiger partial charge in [0.2, 0.25) is 5.91 Å². The number of hydrogen-bond donors (Lipinski definition) is 3. The van der Waals surface area contributed by atoms with Gasteiger partial charge < -0.3 is 21.1 Å². The highest BCUT2D eigenvalue weighted by Gasteiger charge is 2.24. The van der Waals surface area contributed by atoms with E-state index in [4.69, 9.17) is 10.8 Å². The monoisotopic (exact) mass is 294 g/mol. The van der Waals surface area contributed by atoms with Gasteiger partial charge in [0, 0.05) is 12.7 Å². The third-order valence-corrected chi connectivity index (χ3v) is 2.75. The molecule has 0 spiro atoms. The molecule has 1 heterocycles. The van der Waals surface area contributed by atoms with Crippen LogP contribution in [0.1, 0.15) is 19.0 Å². The van der Waals surface area contributed by atoms with Gasteiger partial charge in [0.05, 0.1) is 18.7 Å². The molecule has 1 atom stereocenters. The third kappa shape index (κ3) is 5.47. The van der Waals surface area contributed by atoms with E-state index in [1.165, 1.54) is 4.90 Å². The Morgan fingerprint density at radius 1 is 1.43 bits per heavy atom. The minimum atomic E-state index is -1.34. The average molecular weight is 294 g/mol. The summed E-state index contributed by atoms with van der Waals surface area (Å²) >= 11 is 0. The number of carboxylic acids is 1. The number of nitrogens with two attached hydrogens (primary N) is 1. The maximum Gasteiger partial charge on any atom is 0.326 e. The molecule has 1 aromatic rings. The highest BCUT2D eigenvalue weighted by Crippen LogP contribution is 2.02. The van der Waals surface area contributed by atoms with Gasteiger partial charge in [-0.05, 0) is 19.1 Å². The van der Waals surface area contributed by atoms with Crippen molar-refractivity contribution in [2.75, 3.05) is 6.54 Å². The van der Waals surface area contributed by atoms with E-state index < -0.39 is 30.4 Å². The quantitative estimate of drug-likeness (QED) is 0.649. The number of urea groups is 1. The largest absolute Gasteiger partial charge is 0.480 e. The fourth-order valence-electron chi connectivity index (χ4n) is 1.66. The van der Waals surface area contributed by atoms with Crippen molar-refractivity contribution in [2.45, 2.75) is 25.9 Å². The lowest BCUT2D eigenvalue weighted by atomic mass is 10.2. The van der Waals surface area contributed by atoms with Crippen molar-refractivity contribution >= 4 is 17.9 Å². The van der Waals surface area contributed by atoms with Crippen LogP contribution in [0, 0.1) is 0 Å². The fourth-order valence-corrected chi connectivity index (χ4v) is 1.66. The summed E-state index contributed by atoms with van der Waals surface area (Å²) in [5.41, 5.74) is 5.64. The maximum absolute atomic E-state index is 12.0. The highest BCUT2D eigenvalue weighted by molar-refractivity contribution is 5.87. The zero-order valence-electron chi connectivity index (χ0n) is 11.7. The lowest BCUT2D eigenvalue weighted by molar-refractivity contribution is -0.140. The molecule has 8 heteroatoms. The Bertz CT molecular complexity index is 506. The molecule has 0 unspecified atom stereocenters. The first-order chi connectivity index (χ1) is 9.93. The van der Waals surface area contributed by atoms with E-state index >= 15 is 0 Å². The number of carboxylic acid groups (broad SMARTS) is 1. The summed E-state index contributed by atoms with van der Waals surface area (Å²) in [6, 6.07) is 3.38. The van der Waals surface area contributed by atoms with Crippen LogP contribution in [0.4, 0.5) is 4.79 Å². The summed E-state index contributed by atoms with van der Waals surface area (Å²) in [4.78, 5) is 39.3. The number of aliphatic carboxylic acids is 1. The molecule has 4 N–H and O–H groups in total. The highest BCUT2D eigenvalue weighted by atomic mass is 16.4. The van der Waals surface area contributed by atoms with Crippen molar-refractivity contribution in [3.05, 3.63) is 30.1 Å². The Morgan fingerprint density at radius 2 is 2.14 bits per heavy atom. The van der Waals surface area contributed by atoms with Gasteiger partial charge in [-0.3, -0.25) is 9.78 Å². The fraction of sp³-hybridized carbons (Fsp3) is 0.385. The van der Waals surface area contributed by atoms with Gasteiger partial charge in [0.15, 0.2) is 0 Å². The maximum atomic E-state index is 12.0. The molecular formula is C13H18N4O4. The van der Waals surface area contributed by atoms with E-state index in [0.717, 1.165) is 0 Å². The second kappa shape index (κ2) is 7.83. The van der Waals surface area contributed by atoms with Crippen LogP contribution in [0.25, 0.3) is 0 Å². The van der Waals surface area contributed by atoms with Crippen molar-refractivity contribution in [1.29, 1.82) is 0 Å². The van der Waals surface area contributed by atoms with E-state index in [1.807, 2.05) is 0 Å². The molecule has 0 aliphatic rings. The molecule has 0 bridgehead atoms. The number of rotatable bonds is 7. The van der Waals surface area contributed by atoms with Gasteiger partial charge in [0.25, 0.3) is 0 Å². The summed E-state index contributed by atoms with van der Waals surface area (Å²) in [6.07, 6.45) is 1.15. The normalized spacial score (nSPS) is 11.5. The molecule has 3 amide bonds. The summed E-state index contributed by atoms with van der Waals surface area (Å²) in [7, 11) is 0. The smallest absolute Gasteiger partial charge is 0.326 e. The van der Waals surface area contributed by atoms with Gasteiger partial charge in [-0.15, -0.1) is 0 Å². The number of nitrogens with zero attached hydrogens (tertiary/aromatic N) is 2. The van der Waals surface area contributed by atoms with Gasteiger partial charge in [-0.25, -0.2) is 9.59 Å². The Hall–Kier alpha value is -2.64. The van der Waals surface area contributed by atoms with E-state index in [1.54, 1.807) is 31.3 Å². The zero-order chi connectivity index (χ0) is 15.8. The van der Waals surface area contributed by atoms with Crippen molar-refractivity contribution in [1.82, 2.24) is 15.2 Å². The lowest BCUT2D eigenvalue weighted by Gasteiger charge is -2.23. The predicted octanol–water partition coefficient (Wildman–Crippen LogP) is -0.0583. The van der Waals surface area contributed by atoms with Gasteiger partial charge >= 0.3 is 12.0 Å². The molecule has 8 nitrogen and oxygen atoms in total. The van der Waals surface area contributed by atoms with Crippen molar-refractivity contribution in [3.8, 4) is 0 Å². The van der Waals surface area contributed by atoms with Crippen LogP contribution in [0.15, 0.2) is 24.4 Å². The third-order valence-electron chi connectivity index (χ3n) is 2.75. The molecule has 0 saturated carbocycles. The molecule has 1 rings (SSSR count). The molecule has 21 heavy (non-hydrogen) atoms. The van der Waals surface area contributed by atoms with E-state index in [0.29, 0.717) is 12.2 Å². The van der Waals surface area contributed by atoms with Gasteiger partial charge in [-0.1, -0.05) is 6.07 Å². The topological polar surface area (TPSA) is 126 Å². The van der Waals surface area contributed by atoms with Crippen LogP contribution in [0.3, 0.4) is 0 Å². The first-order valence-corrected chi connectivity index (χ1v) is 6.40. The minimum Gasteiger partial charge on any atom is -0.480 e. The number of primary amides is 1. The predicted molar refractivity (Wildman–Crippen MR) is 74.1 cm³/mol. The Kier molecular flexibility index (Phi) is 6.12. The Balaban J connectivity index is 2.69. The zero-order valence-corrected chi connectivity index (χ0v) is 11.7. The van der Waals surface area contributed by atoms with E-state index in [-0.39, 0.29) is 6.54 Å². The van der Waals surface area contributed by atoms with E-state index in [9.17, 15) is 14.4 Å². The first kappa shape index (κ1) is 16.4. The Labute approximate surface area is 121 Å². The molecule has 0 saturated heterocycles. The van der Waals surface area contributed by atoms with Crippen molar-refractivity contribution in [2.24, 2.45) is 5.73 Å². The summed E-state index contributed by atoms with van der Waals surface area (Å²) in [6.45, 7) is 2.36. The molecule has 0 radical (unpaired) electrons.